The van der Waals surface area contributed by atoms with Gasteiger partial charge in [-0.05, 0) is 79.9 Å². The molecule has 7 nitrogen and oxygen atoms in total. The van der Waals surface area contributed by atoms with E-state index < -0.39 is 0 Å². The second-order valence-corrected chi connectivity index (χ2v) is 10.3. The maximum atomic E-state index is 13.0. The van der Waals surface area contributed by atoms with Crippen molar-refractivity contribution in [1.29, 1.82) is 0 Å². The SMILES string of the molecule is CN(c1ccnc(NC(=O)c2ccc(C3CCN(C4CNC4)CC3)cc2)c1)c1ccc2c(ccn2C)c1. The van der Waals surface area contributed by atoms with Crippen molar-refractivity contribution >= 4 is 34.0 Å². The van der Waals surface area contributed by atoms with E-state index in [1.165, 1.54) is 29.3 Å². The average molecular weight is 495 g/mol. The number of rotatable bonds is 6. The quantitative estimate of drug-likeness (QED) is 0.405. The summed E-state index contributed by atoms with van der Waals surface area (Å²) >= 11 is 0. The molecular formula is C30H34N6O. The Morgan fingerprint density at radius 2 is 1.76 bits per heavy atom. The molecule has 0 aliphatic carbocycles. The molecular weight excluding hydrogens is 460 g/mol. The predicted octanol–water partition coefficient (Wildman–Crippen LogP) is 4.74. The number of carbonyl (C=O) groups is 1. The summed E-state index contributed by atoms with van der Waals surface area (Å²) in [5, 5.41) is 7.54. The van der Waals surface area contributed by atoms with Gasteiger partial charge in [-0.25, -0.2) is 4.98 Å². The van der Waals surface area contributed by atoms with Gasteiger partial charge in [0.25, 0.3) is 5.91 Å². The van der Waals surface area contributed by atoms with Crippen LogP contribution >= 0.6 is 0 Å². The molecule has 2 saturated heterocycles. The molecule has 1 amide bonds. The Morgan fingerprint density at radius 3 is 2.49 bits per heavy atom. The minimum atomic E-state index is -0.142. The first-order chi connectivity index (χ1) is 18.0. The maximum absolute atomic E-state index is 13.0. The normalized spacial score (nSPS) is 17.0. The minimum Gasteiger partial charge on any atom is -0.351 e. The van der Waals surface area contributed by atoms with Crippen LogP contribution in [0, 0.1) is 0 Å². The Labute approximate surface area is 218 Å². The molecule has 2 aromatic heterocycles. The molecule has 0 saturated carbocycles. The summed E-state index contributed by atoms with van der Waals surface area (Å²) in [7, 11) is 4.08. The zero-order chi connectivity index (χ0) is 25.4. The van der Waals surface area contributed by atoms with Crippen molar-refractivity contribution < 1.29 is 4.79 Å². The maximum Gasteiger partial charge on any atom is 0.256 e. The van der Waals surface area contributed by atoms with Gasteiger partial charge >= 0.3 is 0 Å². The highest BCUT2D eigenvalue weighted by Gasteiger charge is 2.29. The lowest BCUT2D eigenvalue weighted by Gasteiger charge is -2.42. The molecule has 0 unspecified atom stereocenters. The van der Waals surface area contributed by atoms with Crippen LogP contribution in [0.4, 0.5) is 17.2 Å². The average Bonchev–Trinajstić information content (AvgIpc) is 3.28. The van der Waals surface area contributed by atoms with Crippen molar-refractivity contribution in [1.82, 2.24) is 19.8 Å². The van der Waals surface area contributed by atoms with Gasteiger partial charge in [0.15, 0.2) is 0 Å². The number of carbonyl (C=O) groups excluding carboxylic acids is 1. The molecule has 0 atom stereocenters. The molecule has 4 heterocycles. The van der Waals surface area contributed by atoms with Gasteiger partial charge in [0.05, 0.1) is 0 Å². The predicted molar refractivity (Wildman–Crippen MR) is 150 cm³/mol. The molecule has 2 N–H and O–H groups in total. The molecule has 2 fully saturated rings. The zero-order valence-electron chi connectivity index (χ0n) is 21.5. The van der Waals surface area contributed by atoms with Crippen LogP contribution in [0.3, 0.4) is 0 Å². The third kappa shape index (κ3) is 4.84. The number of aromatic nitrogens is 2. The second kappa shape index (κ2) is 10.00. The second-order valence-electron chi connectivity index (χ2n) is 10.3. The molecule has 2 aromatic carbocycles. The zero-order valence-corrected chi connectivity index (χ0v) is 21.5. The largest absolute Gasteiger partial charge is 0.351 e. The minimum absolute atomic E-state index is 0.142. The van der Waals surface area contributed by atoms with Crippen LogP contribution in [-0.4, -0.2) is 59.6 Å². The van der Waals surface area contributed by atoms with E-state index in [-0.39, 0.29) is 5.91 Å². The molecule has 4 aromatic rings. The van der Waals surface area contributed by atoms with Crippen molar-refractivity contribution in [2.75, 3.05) is 43.4 Å². The van der Waals surface area contributed by atoms with Gasteiger partial charge in [-0.15, -0.1) is 0 Å². The van der Waals surface area contributed by atoms with E-state index in [1.54, 1.807) is 6.20 Å². The molecule has 0 bridgehead atoms. The Morgan fingerprint density at radius 1 is 1.00 bits per heavy atom. The Hall–Kier alpha value is -3.68. The molecule has 190 valence electrons. The fraction of sp³-hybridized carbons (Fsp3) is 0.333. The molecule has 0 spiro atoms. The third-order valence-corrected chi connectivity index (χ3v) is 8.08. The molecule has 37 heavy (non-hydrogen) atoms. The molecule has 2 aliphatic rings. The van der Waals surface area contributed by atoms with E-state index in [1.807, 2.05) is 31.3 Å². The van der Waals surface area contributed by atoms with E-state index in [9.17, 15) is 4.79 Å². The summed E-state index contributed by atoms with van der Waals surface area (Å²) in [5.74, 6) is 0.972. The van der Waals surface area contributed by atoms with Gasteiger partial charge in [0.1, 0.15) is 5.82 Å². The van der Waals surface area contributed by atoms with Crippen molar-refractivity contribution in [2.45, 2.75) is 24.8 Å². The highest BCUT2D eigenvalue weighted by molar-refractivity contribution is 6.04. The van der Waals surface area contributed by atoms with E-state index in [0.29, 0.717) is 17.3 Å². The van der Waals surface area contributed by atoms with Crippen LogP contribution in [0.5, 0.6) is 0 Å². The lowest BCUT2D eigenvalue weighted by atomic mass is 9.88. The number of hydrogen-bond donors (Lipinski definition) is 2. The molecule has 7 heteroatoms. The number of aryl methyl sites for hydroxylation is 1. The Balaban J connectivity index is 1.10. The van der Waals surface area contributed by atoms with Crippen LogP contribution < -0.4 is 15.5 Å². The van der Waals surface area contributed by atoms with Crippen LogP contribution in [0.25, 0.3) is 10.9 Å². The Kier molecular flexibility index (Phi) is 6.40. The molecule has 0 radical (unpaired) electrons. The first kappa shape index (κ1) is 23.7. The fourth-order valence-corrected chi connectivity index (χ4v) is 5.55. The van der Waals surface area contributed by atoms with E-state index >= 15 is 0 Å². The third-order valence-electron chi connectivity index (χ3n) is 8.08. The smallest absolute Gasteiger partial charge is 0.256 e. The molecule has 2 aliphatic heterocycles. The monoisotopic (exact) mass is 494 g/mol. The van der Waals surface area contributed by atoms with Gasteiger partial charge in [0, 0.05) is 79.5 Å². The first-order valence-electron chi connectivity index (χ1n) is 13.2. The van der Waals surface area contributed by atoms with E-state index in [0.717, 1.165) is 43.6 Å². The number of pyridine rings is 1. The topological polar surface area (TPSA) is 65.4 Å². The number of piperidine rings is 1. The number of nitrogens with one attached hydrogen (secondary N) is 2. The van der Waals surface area contributed by atoms with Crippen molar-refractivity contribution in [3.05, 3.63) is 84.2 Å². The number of hydrogen-bond acceptors (Lipinski definition) is 5. The number of fused-ring (bicyclic) bond motifs is 1. The number of benzene rings is 2. The summed E-state index contributed by atoms with van der Waals surface area (Å²) in [6.45, 7) is 4.59. The van der Waals surface area contributed by atoms with Gasteiger partial charge < -0.3 is 20.1 Å². The lowest BCUT2D eigenvalue weighted by molar-refractivity contribution is 0.102. The summed E-state index contributed by atoms with van der Waals surface area (Å²) < 4.78 is 2.11. The van der Waals surface area contributed by atoms with Crippen LogP contribution in [-0.2, 0) is 7.05 Å². The number of amides is 1. The van der Waals surface area contributed by atoms with Crippen molar-refractivity contribution in [2.24, 2.45) is 7.05 Å². The standard InChI is InChI=1S/C30H34N6O/c1-34-14-10-24-17-25(7-8-28(24)34)35(2)26-9-13-32-29(18-26)33-30(37)23-5-3-21(4-6-23)22-11-15-36(16-12-22)27-19-31-20-27/h3-10,13-14,17-18,22,27,31H,11-12,15-16,19-20H2,1-2H3,(H,32,33,37). The number of nitrogens with zero attached hydrogens (tertiary/aromatic N) is 4. The van der Waals surface area contributed by atoms with Gasteiger partial charge in [-0.3, -0.25) is 9.69 Å². The van der Waals surface area contributed by atoms with Gasteiger partial charge in [0.2, 0.25) is 0 Å². The van der Waals surface area contributed by atoms with Crippen molar-refractivity contribution in [3.8, 4) is 0 Å². The number of anilines is 3. The van der Waals surface area contributed by atoms with Gasteiger partial charge in [-0.2, -0.15) is 0 Å². The highest BCUT2D eigenvalue weighted by Crippen LogP contribution is 2.30. The summed E-state index contributed by atoms with van der Waals surface area (Å²) in [6.07, 6.45) is 6.17. The van der Waals surface area contributed by atoms with Crippen LogP contribution in [0.15, 0.2) is 73.1 Å². The van der Waals surface area contributed by atoms with Crippen LogP contribution in [0.2, 0.25) is 0 Å². The lowest BCUT2D eigenvalue weighted by Crippen LogP contribution is -2.58. The van der Waals surface area contributed by atoms with E-state index in [4.69, 9.17) is 0 Å². The summed E-state index contributed by atoms with van der Waals surface area (Å²) in [5.41, 5.74) is 5.22. The molecule has 6 rings (SSSR count). The van der Waals surface area contributed by atoms with E-state index in [2.05, 4.69) is 79.6 Å². The summed E-state index contributed by atoms with van der Waals surface area (Å²) in [6, 6.07) is 21.2. The first-order valence-corrected chi connectivity index (χ1v) is 13.2. The fourth-order valence-electron chi connectivity index (χ4n) is 5.55. The van der Waals surface area contributed by atoms with Crippen molar-refractivity contribution in [3.63, 3.8) is 0 Å². The van der Waals surface area contributed by atoms with Gasteiger partial charge in [-0.1, -0.05) is 12.1 Å². The Bertz CT molecular complexity index is 1400. The van der Waals surface area contributed by atoms with Crippen LogP contribution in [0.1, 0.15) is 34.7 Å². The highest BCUT2D eigenvalue weighted by atomic mass is 16.1. The summed E-state index contributed by atoms with van der Waals surface area (Å²) in [4.78, 5) is 22.1. The number of likely N-dealkylation sites (tertiary alicyclic amines) is 1.